The van der Waals surface area contributed by atoms with E-state index in [1.54, 1.807) is 12.5 Å². The van der Waals surface area contributed by atoms with E-state index in [1.165, 1.54) is 0 Å². The quantitative estimate of drug-likeness (QED) is 0.848. The molecule has 3 N–H and O–H groups in total. The molecule has 1 aromatic heterocycles. The van der Waals surface area contributed by atoms with Gasteiger partial charge in [0.25, 0.3) is 0 Å². The second kappa shape index (κ2) is 4.31. The Kier molecular flexibility index (Phi) is 2.64. The smallest absolute Gasteiger partial charge is 0.224 e. The molecule has 0 fully saturated rings. The van der Waals surface area contributed by atoms with Crippen LogP contribution in [0.15, 0.2) is 41.2 Å². The van der Waals surface area contributed by atoms with E-state index < -0.39 is 0 Å². The highest BCUT2D eigenvalue weighted by molar-refractivity contribution is 5.93. The van der Waals surface area contributed by atoms with Crippen molar-refractivity contribution in [2.24, 2.45) is 5.73 Å². The van der Waals surface area contributed by atoms with Crippen LogP contribution >= 0.6 is 0 Å². The van der Waals surface area contributed by atoms with Gasteiger partial charge < -0.3 is 15.5 Å². The minimum absolute atomic E-state index is 0.0781. The van der Waals surface area contributed by atoms with Gasteiger partial charge in [-0.15, -0.1) is 0 Å². The summed E-state index contributed by atoms with van der Waals surface area (Å²) in [4.78, 5) is 11.3. The molecule has 0 aliphatic carbocycles. The third kappa shape index (κ3) is 1.91. The van der Waals surface area contributed by atoms with Gasteiger partial charge in [0.15, 0.2) is 0 Å². The Morgan fingerprint density at radius 3 is 2.89 bits per heavy atom. The van der Waals surface area contributed by atoms with Crippen molar-refractivity contribution in [3.05, 3.63) is 53.5 Å². The molecule has 1 aromatic carbocycles. The molecule has 1 aliphatic heterocycles. The standard InChI is InChI=1S/C14H14N2O2/c15-14(11-5-6-18-8-11)10-1-3-12-9(7-10)2-4-13(17)16-12/h1,3,5-8,14H,2,4,15H2,(H,16,17). The first-order valence-electron chi connectivity index (χ1n) is 5.94. The zero-order valence-corrected chi connectivity index (χ0v) is 9.85. The van der Waals surface area contributed by atoms with E-state index in [2.05, 4.69) is 11.4 Å². The Labute approximate surface area is 105 Å². The summed E-state index contributed by atoms with van der Waals surface area (Å²) in [6.07, 6.45) is 4.59. The number of benzene rings is 1. The third-order valence-corrected chi connectivity index (χ3v) is 3.29. The van der Waals surface area contributed by atoms with Crippen molar-refractivity contribution in [2.45, 2.75) is 18.9 Å². The molecule has 1 amide bonds. The van der Waals surface area contributed by atoms with Crippen LogP contribution < -0.4 is 11.1 Å². The van der Waals surface area contributed by atoms with Crippen molar-refractivity contribution in [2.75, 3.05) is 5.32 Å². The van der Waals surface area contributed by atoms with Crippen LogP contribution in [-0.2, 0) is 11.2 Å². The average Bonchev–Trinajstić information content (AvgIpc) is 2.91. The van der Waals surface area contributed by atoms with Crippen LogP contribution in [0, 0.1) is 0 Å². The number of nitrogens with one attached hydrogen (secondary N) is 1. The summed E-state index contributed by atoms with van der Waals surface area (Å²) >= 11 is 0. The molecular weight excluding hydrogens is 228 g/mol. The maximum absolute atomic E-state index is 11.3. The van der Waals surface area contributed by atoms with Crippen molar-refractivity contribution in [1.82, 2.24) is 0 Å². The van der Waals surface area contributed by atoms with Crippen molar-refractivity contribution < 1.29 is 9.21 Å². The Hall–Kier alpha value is -2.07. The van der Waals surface area contributed by atoms with Gasteiger partial charge in [-0.3, -0.25) is 4.79 Å². The molecule has 0 saturated carbocycles. The van der Waals surface area contributed by atoms with Crippen molar-refractivity contribution in [3.63, 3.8) is 0 Å². The largest absolute Gasteiger partial charge is 0.472 e. The van der Waals surface area contributed by atoms with Gasteiger partial charge in [-0.2, -0.15) is 0 Å². The van der Waals surface area contributed by atoms with Crippen molar-refractivity contribution >= 4 is 11.6 Å². The molecule has 4 heteroatoms. The fraction of sp³-hybridized carbons (Fsp3) is 0.214. The van der Waals surface area contributed by atoms with Gasteiger partial charge in [0.2, 0.25) is 5.91 Å². The zero-order valence-electron chi connectivity index (χ0n) is 9.85. The van der Waals surface area contributed by atoms with Crippen LogP contribution in [0.1, 0.15) is 29.2 Å². The minimum Gasteiger partial charge on any atom is -0.472 e. The number of anilines is 1. The molecule has 1 unspecified atom stereocenters. The second-order valence-electron chi connectivity index (χ2n) is 4.50. The second-order valence-corrected chi connectivity index (χ2v) is 4.50. The van der Waals surface area contributed by atoms with Crippen LogP contribution in [0.5, 0.6) is 0 Å². The summed E-state index contributed by atoms with van der Waals surface area (Å²) < 4.78 is 5.05. The molecule has 0 radical (unpaired) electrons. The van der Waals surface area contributed by atoms with Crippen LogP contribution in [0.2, 0.25) is 0 Å². The van der Waals surface area contributed by atoms with E-state index in [9.17, 15) is 4.79 Å². The highest BCUT2D eigenvalue weighted by atomic mass is 16.3. The number of nitrogens with two attached hydrogens (primary N) is 1. The van der Waals surface area contributed by atoms with Gasteiger partial charge in [0.1, 0.15) is 0 Å². The fourth-order valence-corrected chi connectivity index (χ4v) is 2.24. The highest BCUT2D eigenvalue weighted by Gasteiger charge is 2.17. The molecule has 18 heavy (non-hydrogen) atoms. The number of rotatable bonds is 2. The number of fused-ring (bicyclic) bond motifs is 1. The molecule has 4 nitrogen and oxygen atoms in total. The lowest BCUT2D eigenvalue weighted by atomic mass is 9.95. The molecule has 0 spiro atoms. The summed E-state index contributed by atoms with van der Waals surface area (Å²) in [5, 5.41) is 2.86. The lowest BCUT2D eigenvalue weighted by molar-refractivity contribution is -0.116. The van der Waals surface area contributed by atoms with Crippen LogP contribution in [0.25, 0.3) is 0 Å². The SMILES string of the molecule is NC(c1ccoc1)c1ccc2c(c1)CCC(=O)N2. The summed E-state index contributed by atoms with van der Waals surface area (Å²) in [5.74, 6) is 0.0781. The van der Waals surface area contributed by atoms with E-state index in [0.717, 1.165) is 28.8 Å². The van der Waals surface area contributed by atoms with Crippen LogP contribution in [0.3, 0.4) is 0 Å². The zero-order chi connectivity index (χ0) is 12.5. The third-order valence-electron chi connectivity index (χ3n) is 3.29. The van der Waals surface area contributed by atoms with Gasteiger partial charge in [-0.05, 0) is 29.7 Å². The molecule has 0 saturated heterocycles. The van der Waals surface area contributed by atoms with Gasteiger partial charge in [0, 0.05) is 17.7 Å². The predicted octanol–water partition coefficient (Wildman–Crippen LogP) is 2.21. The monoisotopic (exact) mass is 242 g/mol. The fourth-order valence-electron chi connectivity index (χ4n) is 2.24. The lowest BCUT2D eigenvalue weighted by Crippen LogP contribution is -2.20. The molecule has 92 valence electrons. The van der Waals surface area contributed by atoms with Crippen molar-refractivity contribution in [3.8, 4) is 0 Å². The molecular formula is C14H14N2O2. The predicted molar refractivity (Wildman–Crippen MR) is 68.1 cm³/mol. The number of amides is 1. The molecule has 1 atom stereocenters. The number of carbonyl (C=O) groups is 1. The molecule has 2 heterocycles. The topological polar surface area (TPSA) is 68.3 Å². The number of hydrogen-bond donors (Lipinski definition) is 2. The maximum atomic E-state index is 11.3. The molecule has 1 aliphatic rings. The van der Waals surface area contributed by atoms with E-state index >= 15 is 0 Å². The first kappa shape index (κ1) is 11.0. The molecule has 2 aromatic rings. The molecule has 3 rings (SSSR count). The van der Waals surface area contributed by atoms with Crippen LogP contribution in [-0.4, -0.2) is 5.91 Å². The van der Waals surface area contributed by atoms with Gasteiger partial charge in [-0.1, -0.05) is 12.1 Å². The average molecular weight is 242 g/mol. The highest BCUT2D eigenvalue weighted by Crippen LogP contribution is 2.27. The van der Waals surface area contributed by atoms with Gasteiger partial charge in [-0.25, -0.2) is 0 Å². The maximum Gasteiger partial charge on any atom is 0.224 e. The number of aryl methyl sites for hydroxylation is 1. The number of hydrogen-bond acceptors (Lipinski definition) is 3. The summed E-state index contributed by atoms with van der Waals surface area (Å²) in [7, 11) is 0. The summed E-state index contributed by atoms with van der Waals surface area (Å²) in [6, 6.07) is 7.61. The normalized spacial score (nSPS) is 15.9. The number of furan rings is 1. The Morgan fingerprint density at radius 2 is 2.11 bits per heavy atom. The van der Waals surface area contributed by atoms with E-state index in [-0.39, 0.29) is 11.9 Å². The minimum atomic E-state index is -0.188. The van der Waals surface area contributed by atoms with E-state index in [4.69, 9.17) is 10.2 Å². The van der Waals surface area contributed by atoms with E-state index in [0.29, 0.717) is 6.42 Å². The van der Waals surface area contributed by atoms with Gasteiger partial charge in [0.05, 0.1) is 18.6 Å². The van der Waals surface area contributed by atoms with Gasteiger partial charge >= 0.3 is 0 Å². The summed E-state index contributed by atoms with van der Waals surface area (Å²) in [5.41, 5.74) is 10.2. The summed E-state index contributed by atoms with van der Waals surface area (Å²) in [6.45, 7) is 0. The molecule has 0 bridgehead atoms. The number of carbonyl (C=O) groups excluding carboxylic acids is 1. The van der Waals surface area contributed by atoms with Crippen molar-refractivity contribution in [1.29, 1.82) is 0 Å². The first-order chi connectivity index (χ1) is 8.74. The Balaban J connectivity index is 1.93. The first-order valence-corrected chi connectivity index (χ1v) is 5.94. The Bertz CT molecular complexity index is 575. The van der Waals surface area contributed by atoms with E-state index in [1.807, 2.05) is 18.2 Å². The Morgan fingerprint density at radius 1 is 1.22 bits per heavy atom. The van der Waals surface area contributed by atoms with Crippen LogP contribution in [0.4, 0.5) is 5.69 Å². The lowest BCUT2D eigenvalue weighted by Gasteiger charge is -2.19.